The highest BCUT2D eigenvalue weighted by Gasteiger charge is 2.20. The van der Waals surface area contributed by atoms with Crippen LogP contribution in [0, 0.1) is 0 Å². The second kappa shape index (κ2) is 5.16. The van der Waals surface area contributed by atoms with E-state index in [1.807, 2.05) is 0 Å². The third-order valence-electron chi connectivity index (χ3n) is 2.36. The van der Waals surface area contributed by atoms with E-state index in [0.717, 1.165) is 12.2 Å². The van der Waals surface area contributed by atoms with Crippen molar-refractivity contribution in [3.05, 3.63) is 12.4 Å². The Morgan fingerprint density at radius 1 is 1.53 bits per heavy atom. The molecule has 1 aromatic heterocycles. The van der Waals surface area contributed by atoms with E-state index < -0.39 is 0 Å². The second-order valence-corrected chi connectivity index (χ2v) is 3.89. The van der Waals surface area contributed by atoms with E-state index >= 15 is 0 Å². The fraction of sp³-hybridized carbons (Fsp3) is 0.600. The minimum absolute atomic E-state index is 0.152. The maximum atomic E-state index is 5.90. The monoisotopic (exact) mass is 229 g/mol. The van der Waals surface area contributed by atoms with Crippen LogP contribution in [-0.4, -0.2) is 28.5 Å². The van der Waals surface area contributed by atoms with Gasteiger partial charge >= 0.3 is 0 Å². The molecule has 0 aliphatic carbocycles. The molecule has 15 heavy (non-hydrogen) atoms. The first-order valence-corrected chi connectivity index (χ1v) is 5.37. The van der Waals surface area contributed by atoms with Crippen molar-refractivity contribution in [3.8, 4) is 5.88 Å². The quantitative estimate of drug-likeness (QED) is 0.788. The van der Waals surface area contributed by atoms with Crippen molar-refractivity contribution in [2.45, 2.75) is 25.8 Å². The van der Waals surface area contributed by atoms with Gasteiger partial charge < -0.3 is 10.1 Å². The van der Waals surface area contributed by atoms with E-state index in [1.165, 1.54) is 6.33 Å². The molecule has 1 aromatic rings. The van der Waals surface area contributed by atoms with Crippen LogP contribution in [0.2, 0.25) is 0 Å². The summed E-state index contributed by atoms with van der Waals surface area (Å²) in [6.45, 7) is 4.13. The summed E-state index contributed by atoms with van der Waals surface area (Å²) in [5.74, 6) is 1.79. The Morgan fingerprint density at radius 2 is 2.27 bits per heavy atom. The van der Waals surface area contributed by atoms with Crippen LogP contribution in [0.15, 0.2) is 12.4 Å². The molecule has 0 aliphatic heterocycles. The molecule has 0 aromatic carbocycles. The smallest absolute Gasteiger partial charge is 0.218 e. The van der Waals surface area contributed by atoms with Gasteiger partial charge in [-0.3, -0.25) is 0 Å². The lowest BCUT2D eigenvalue weighted by atomic mass is 10.0. The summed E-state index contributed by atoms with van der Waals surface area (Å²) < 4.78 is 5.01. The molecule has 0 amide bonds. The second-order valence-electron chi connectivity index (χ2n) is 3.62. The molecule has 5 heteroatoms. The predicted octanol–water partition coefficient (Wildman–Crippen LogP) is 2.30. The van der Waals surface area contributed by atoms with Crippen LogP contribution in [0.3, 0.4) is 0 Å². The van der Waals surface area contributed by atoms with Crippen molar-refractivity contribution in [3.63, 3.8) is 0 Å². The zero-order valence-electron chi connectivity index (χ0n) is 9.25. The summed E-state index contributed by atoms with van der Waals surface area (Å²) in [6, 6.07) is 1.75. The maximum Gasteiger partial charge on any atom is 0.218 e. The van der Waals surface area contributed by atoms with Crippen LogP contribution in [-0.2, 0) is 0 Å². The average molecular weight is 230 g/mol. The van der Waals surface area contributed by atoms with Gasteiger partial charge in [0.05, 0.1) is 7.11 Å². The van der Waals surface area contributed by atoms with E-state index in [0.29, 0.717) is 11.8 Å². The van der Waals surface area contributed by atoms with Gasteiger partial charge in [-0.1, -0.05) is 6.92 Å². The average Bonchev–Trinajstić information content (AvgIpc) is 2.29. The summed E-state index contributed by atoms with van der Waals surface area (Å²) in [6.07, 6.45) is 2.38. The molecular formula is C10H16ClN3O. The third kappa shape index (κ3) is 3.23. The standard InChI is InChI=1S/C10H16ClN3O/c1-4-10(2,6-11)14-8-5-9(15-3)13-7-12-8/h5,7H,4,6H2,1-3H3,(H,12,13,14). The van der Waals surface area contributed by atoms with Crippen molar-refractivity contribution >= 4 is 17.4 Å². The predicted molar refractivity (Wildman–Crippen MR) is 61.6 cm³/mol. The van der Waals surface area contributed by atoms with Gasteiger partial charge in [0.2, 0.25) is 5.88 Å². The number of nitrogens with zero attached hydrogens (tertiary/aromatic N) is 2. The molecule has 0 fully saturated rings. The van der Waals surface area contributed by atoms with Gasteiger partial charge in [0, 0.05) is 17.5 Å². The molecule has 1 unspecified atom stereocenters. The topological polar surface area (TPSA) is 47.0 Å². The molecule has 0 radical (unpaired) electrons. The number of anilines is 1. The summed E-state index contributed by atoms with van der Waals surface area (Å²) in [5, 5.41) is 3.27. The molecule has 0 aliphatic rings. The Kier molecular flexibility index (Phi) is 4.15. The number of ether oxygens (including phenoxy) is 1. The molecule has 1 atom stereocenters. The molecule has 0 spiro atoms. The van der Waals surface area contributed by atoms with Gasteiger partial charge in [-0.05, 0) is 13.3 Å². The Labute approximate surface area is 95.0 Å². The molecular weight excluding hydrogens is 214 g/mol. The first-order valence-electron chi connectivity index (χ1n) is 4.83. The minimum Gasteiger partial charge on any atom is -0.481 e. The van der Waals surface area contributed by atoms with E-state index in [9.17, 15) is 0 Å². The minimum atomic E-state index is -0.152. The molecule has 84 valence electrons. The van der Waals surface area contributed by atoms with E-state index in [1.54, 1.807) is 13.2 Å². The van der Waals surface area contributed by atoms with E-state index in [-0.39, 0.29) is 5.54 Å². The van der Waals surface area contributed by atoms with Crippen molar-refractivity contribution in [2.24, 2.45) is 0 Å². The number of methoxy groups -OCH3 is 1. The lowest BCUT2D eigenvalue weighted by Gasteiger charge is -2.27. The Balaban J connectivity index is 2.79. The van der Waals surface area contributed by atoms with Gasteiger partial charge in [0.25, 0.3) is 0 Å². The van der Waals surface area contributed by atoms with Crippen molar-refractivity contribution < 1.29 is 4.74 Å². The highest BCUT2D eigenvalue weighted by Crippen LogP contribution is 2.19. The number of nitrogens with one attached hydrogen (secondary N) is 1. The molecule has 0 saturated carbocycles. The summed E-state index contributed by atoms with van der Waals surface area (Å²) >= 11 is 5.90. The SMILES string of the molecule is CCC(C)(CCl)Nc1cc(OC)ncn1. The molecule has 0 saturated heterocycles. The van der Waals surface area contributed by atoms with Crippen LogP contribution in [0.1, 0.15) is 20.3 Å². The highest BCUT2D eigenvalue weighted by molar-refractivity contribution is 6.18. The van der Waals surface area contributed by atoms with Crippen LogP contribution in [0.25, 0.3) is 0 Å². The molecule has 4 nitrogen and oxygen atoms in total. The molecule has 0 bridgehead atoms. The first-order chi connectivity index (χ1) is 7.13. The number of rotatable bonds is 5. The molecule has 1 rings (SSSR count). The van der Waals surface area contributed by atoms with Crippen LogP contribution in [0.5, 0.6) is 5.88 Å². The number of aromatic nitrogens is 2. The number of alkyl halides is 1. The van der Waals surface area contributed by atoms with E-state index in [2.05, 4.69) is 29.1 Å². The van der Waals surface area contributed by atoms with Crippen LogP contribution < -0.4 is 10.1 Å². The summed E-state index contributed by atoms with van der Waals surface area (Å²) in [5.41, 5.74) is -0.152. The van der Waals surface area contributed by atoms with Crippen LogP contribution >= 0.6 is 11.6 Å². The van der Waals surface area contributed by atoms with Gasteiger partial charge in [0.15, 0.2) is 0 Å². The lowest BCUT2D eigenvalue weighted by molar-refractivity contribution is 0.397. The van der Waals surface area contributed by atoms with Gasteiger partial charge in [0.1, 0.15) is 12.1 Å². The largest absolute Gasteiger partial charge is 0.481 e. The molecule has 1 N–H and O–H groups in total. The Bertz CT molecular complexity index is 315. The first kappa shape index (κ1) is 12.0. The fourth-order valence-corrected chi connectivity index (χ4v) is 1.30. The maximum absolute atomic E-state index is 5.90. The van der Waals surface area contributed by atoms with Gasteiger partial charge in [-0.15, -0.1) is 11.6 Å². The lowest BCUT2D eigenvalue weighted by Crippen LogP contribution is -2.36. The number of hydrogen-bond acceptors (Lipinski definition) is 4. The van der Waals surface area contributed by atoms with E-state index in [4.69, 9.17) is 16.3 Å². The highest BCUT2D eigenvalue weighted by atomic mass is 35.5. The number of halogens is 1. The Hall–Kier alpha value is -1.03. The molecule has 1 heterocycles. The summed E-state index contributed by atoms with van der Waals surface area (Å²) in [7, 11) is 1.58. The Morgan fingerprint density at radius 3 is 2.80 bits per heavy atom. The van der Waals surface area contributed by atoms with Crippen molar-refractivity contribution in [2.75, 3.05) is 18.3 Å². The van der Waals surface area contributed by atoms with Crippen molar-refractivity contribution in [1.82, 2.24) is 9.97 Å². The normalized spacial score (nSPS) is 14.4. The van der Waals surface area contributed by atoms with Gasteiger partial charge in [-0.2, -0.15) is 0 Å². The summed E-state index contributed by atoms with van der Waals surface area (Å²) in [4.78, 5) is 8.04. The zero-order chi connectivity index (χ0) is 11.3. The third-order valence-corrected chi connectivity index (χ3v) is 2.95. The van der Waals surface area contributed by atoms with Crippen LogP contribution in [0.4, 0.5) is 5.82 Å². The van der Waals surface area contributed by atoms with Gasteiger partial charge in [-0.25, -0.2) is 9.97 Å². The zero-order valence-corrected chi connectivity index (χ0v) is 10.0. The number of hydrogen-bond donors (Lipinski definition) is 1. The van der Waals surface area contributed by atoms with Crippen molar-refractivity contribution in [1.29, 1.82) is 0 Å². The fourth-order valence-electron chi connectivity index (χ4n) is 1.04.